The lowest BCUT2D eigenvalue weighted by molar-refractivity contribution is -0.146. The predicted octanol–water partition coefficient (Wildman–Crippen LogP) is 4.85. The Bertz CT molecular complexity index is 1130. The molecule has 3 heterocycles. The molecule has 0 amide bonds. The molecule has 2 aromatic heterocycles. The summed E-state index contributed by atoms with van der Waals surface area (Å²) in [7, 11) is 0. The Morgan fingerprint density at radius 3 is 2.97 bits per heavy atom. The predicted molar refractivity (Wildman–Crippen MR) is 138 cm³/mol. The van der Waals surface area contributed by atoms with Crippen molar-refractivity contribution in [2.24, 2.45) is 5.41 Å². The molecule has 1 aliphatic carbocycles. The minimum absolute atomic E-state index is 0.0429. The second kappa shape index (κ2) is 11.4. The Hall–Kier alpha value is -3.62. The number of ether oxygens (including phenoxy) is 2. The van der Waals surface area contributed by atoms with Crippen LogP contribution >= 0.6 is 0 Å². The van der Waals surface area contributed by atoms with Gasteiger partial charge in [-0.25, -0.2) is 9.97 Å². The van der Waals surface area contributed by atoms with Crippen LogP contribution < -0.4 is 10.2 Å². The molecule has 9 nitrogen and oxygen atoms in total. The third-order valence-corrected chi connectivity index (χ3v) is 6.32. The maximum absolute atomic E-state index is 11.5. The monoisotopic (exact) mass is 493 g/mol. The molecule has 1 atom stereocenters. The van der Waals surface area contributed by atoms with Gasteiger partial charge in [0.15, 0.2) is 11.6 Å². The number of hydrogen-bond donors (Lipinski definition) is 2. The van der Waals surface area contributed by atoms with Gasteiger partial charge in [0.1, 0.15) is 23.5 Å². The van der Waals surface area contributed by atoms with E-state index in [2.05, 4.69) is 26.3 Å². The molecule has 4 rings (SSSR count). The van der Waals surface area contributed by atoms with Gasteiger partial charge >= 0.3 is 5.97 Å². The Kier molecular flexibility index (Phi) is 8.07. The topological polar surface area (TPSA) is 110 Å². The first kappa shape index (κ1) is 25.5. The molecular formula is C27H35N5O4. The highest BCUT2D eigenvalue weighted by atomic mass is 16.5. The summed E-state index contributed by atoms with van der Waals surface area (Å²) in [5.74, 6) is 2.89. The number of carbonyl (C=O) groups is 1. The van der Waals surface area contributed by atoms with Gasteiger partial charge < -0.3 is 24.8 Å². The number of aromatic nitrogens is 3. The first-order valence-corrected chi connectivity index (χ1v) is 12.6. The average molecular weight is 494 g/mol. The lowest BCUT2D eigenvalue weighted by Gasteiger charge is -2.34. The minimum Gasteiger partial charge on any atom is -0.494 e. The number of piperidine rings is 1. The van der Waals surface area contributed by atoms with Crippen LogP contribution in [-0.2, 0) is 20.7 Å². The zero-order chi connectivity index (χ0) is 25.5. The van der Waals surface area contributed by atoms with Gasteiger partial charge in [-0.1, -0.05) is 6.08 Å². The summed E-state index contributed by atoms with van der Waals surface area (Å²) in [5.41, 5.74) is 0.0236. The highest BCUT2D eigenvalue weighted by Gasteiger charge is 2.28. The first-order valence-electron chi connectivity index (χ1n) is 12.6. The third-order valence-electron chi connectivity index (χ3n) is 6.32. The fraction of sp³-hybridized carbons (Fsp3) is 0.481. The molecule has 0 bridgehead atoms. The number of carboxylic acids is 1. The van der Waals surface area contributed by atoms with Crippen LogP contribution in [0.15, 0.2) is 54.4 Å². The lowest BCUT2D eigenvalue weighted by Crippen LogP contribution is -2.40. The van der Waals surface area contributed by atoms with Crippen molar-refractivity contribution >= 4 is 23.4 Å². The minimum atomic E-state index is -0.863. The van der Waals surface area contributed by atoms with E-state index < -0.39 is 11.4 Å². The normalized spacial score (nSPS) is 18.2. The molecule has 9 heteroatoms. The van der Waals surface area contributed by atoms with Crippen molar-refractivity contribution in [3.63, 3.8) is 0 Å². The van der Waals surface area contributed by atoms with E-state index in [1.54, 1.807) is 32.4 Å². The zero-order valence-electron chi connectivity index (χ0n) is 21.2. The largest absolute Gasteiger partial charge is 0.494 e. The standard InChI is InChI=1S/C27H35N5O4/c1-4-35-21-9-5-6-10-22(21)36-20-8-7-13-32(18-20)25-17-28-16-24(31-25)30-23-14-19(11-12-29-23)15-27(2,3)26(33)34/h6,10-12,14,16-17,20H,4-5,7-9,13,15,18H2,1-3H3,(H,33,34)(H,29,30,31). The fourth-order valence-corrected chi connectivity index (χ4v) is 4.40. The first-order chi connectivity index (χ1) is 17.3. The lowest BCUT2D eigenvalue weighted by atomic mass is 9.86. The SMILES string of the molecule is CCOC1=C(OC2CCCN(c3cncc(Nc4cc(CC(C)(C)C(=O)O)ccn4)n3)C2)C=CCC1. The van der Waals surface area contributed by atoms with Crippen LogP contribution in [0.3, 0.4) is 0 Å². The molecule has 0 aromatic carbocycles. The van der Waals surface area contributed by atoms with Gasteiger partial charge in [-0.3, -0.25) is 9.78 Å². The fourth-order valence-electron chi connectivity index (χ4n) is 4.40. The molecule has 1 fully saturated rings. The van der Waals surface area contributed by atoms with Gasteiger partial charge in [-0.15, -0.1) is 0 Å². The molecule has 1 aliphatic heterocycles. The zero-order valence-corrected chi connectivity index (χ0v) is 21.2. The second-order valence-electron chi connectivity index (χ2n) is 9.79. The number of nitrogens with one attached hydrogen (secondary N) is 1. The van der Waals surface area contributed by atoms with Crippen molar-refractivity contribution in [3.05, 3.63) is 60.0 Å². The van der Waals surface area contributed by atoms with Crippen LogP contribution in [0.4, 0.5) is 17.5 Å². The van der Waals surface area contributed by atoms with E-state index in [1.165, 1.54) is 0 Å². The van der Waals surface area contributed by atoms with Gasteiger partial charge in [0.25, 0.3) is 0 Å². The highest BCUT2D eigenvalue weighted by molar-refractivity contribution is 5.74. The van der Waals surface area contributed by atoms with E-state index >= 15 is 0 Å². The summed E-state index contributed by atoms with van der Waals surface area (Å²) in [4.78, 5) is 27.2. The molecule has 1 saturated heterocycles. The van der Waals surface area contributed by atoms with Crippen molar-refractivity contribution in [3.8, 4) is 0 Å². The smallest absolute Gasteiger partial charge is 0.309 e. The number of aliphatic carboxylic acids is 1. The Morgan fingerprint density at radius 1 is 1.31 bits per heavy atom. The molecule has 192 valence electrons. The summed E-state index contributed by atoms with van der Waals surface area (Å²) in [6, 6.07) is 3.69. The molecule has 36 heavy (non-hydrogen) atoms. The van der Waals surface area contributed by atoms with E-state index in [-0.39, 0.29) is 6.10 Å². The molecule has 0 radical (unpaired) electrons. The highest BCUT2D eigenvalue weighted by Crippen LogP contribution is 2.27. The number of allylic oxidation sites excluding steroid dienone is 3. The Balaban J connectivity index is 1.42. The Morgan fingerprint density at radius 2 is 2.17 bits per heavy atom. The Labute approximate surface area is 212 Å². The van der Waals surface area contributed by atoms with Crippen molar-refractivity contribution in [1.82, 2.24) is 15.0 Å². The third kappa shape index (κ3) is 6.53. The van der Waals surface area contributed by atoms with E-state index in [4.69, 9.17) is 14.5 Å². The molecule has 0 saturated carbocycles. The van der Waals surface area contributed by atoms with Crippen molar-refractivity contribution in [1.29, 1.82) is 0 Å². The van der Waals surface area contributed by atoms with Crippen LogP contribution in [-0.4, -0.2) is 51.8 Å². The summed E-state index contributed by atoms with van der Waals surface area (Å²) in [6.07, 6.45) is 13.5. The second-order valence-corrected chi connectivity index (χ2v) is 9.79. The van der Waals surface area contributed by atoms with Gasteiger partial charge in [-0.05, 0) is 70.2 Å². The van der Waals surface area contributed by atoms with E-state index in [9.17, 15) is 9.90 Å². The van der Waals surface area contributed by atoms with Crippen LogP contribution in [0.1, 0.15) is 52.0 Å². The van der Waals surface area contributed by atoms with E-state index in [1.807, 2.05) is 25.1 Å². The van der Waals surface area contributed by atoms with Crippen molar-refractivity contribution < 1.29 is 19.4 Å². The van der Waals surface area contributed by atoms with Crippen LogP contribution in [0, 0.1) is 5.41 Å². The van der Waals surface area contributed by atoms with Gasteiger partial charge in [0, 0.05) is 19.2 Å². The molecule has 0 spiro atoms. The molecular weight excluding hydrogens is 458 g/mol. The number of hydrogen-bond acceptors (Lipinski definition) is 8. The summed E-state index contributed by atoms with van der Waals surface area (Å²) < 4.78 is 12.1. The van der Waals surface area contributed by atoms with E-state index in [0.717, 1.165) is 55.1 Å². The number of carboxylic acid groups (broad SMARTS) is 1. The molecule has 2 aromatic rings. The summed E-state index contributed by atoms with van der Waals surface area (Å²) >= 11 is 0. The maximum atomic E-state index is 11.5. The van der Waals surface area contributed by atoms with Crippen LogP contribution in [0.25, 0.3) is 0 Å². The number of rotatable bonds is 10. The summed E-state index contributed by atoms with van der Waals surface area (Å²) in [5, 5.41) is 12.6. The average Bonchev–Trinajstić information content (AvgIpc) is 2.86. The number of pyridine rings is 1. The molecule has 1 unspecified atom stereocenters. The molecule has 2 aliphatic rings. The number of anilines is 3. The summed E-state index contributed by atoms with van der Waals surface area (Å²) in [6.45, 7) is 7.65. The van der Waals surface area contributed by atoms with Crippen molar-refractivity contribution in [2.45, 2.75) is 59.0 Å². The maximum Gasteiger partial charge on any atom is 0.309 e. The molecule has 2 N–H and O–H groups in total. The van der Waals surface area contributed by atoms with Gasteiger partial charge in [0.2, 0.25) is 0 Å². The number of nitrogens with zero attached hydrogens (tertiary/aromatic N) is 4. The van der Waals surface area contributed by atoms with Gasteiger partial charge in [-0.2, -0.15) is 0 Å². The van der Waals surface area contributed by atoms with Gasteiger partial charge in [0.05, 0.1) is 31.0 Å². The van der Waals surface area contributed by atoms with Crippen LogP contribution in [0.5, 0.6) is 0 Å². The quantitative estimate of drug-likeness (QED) is 0.480. The van der Waals surface area contributed by atoms with Crippen LogP contribution in [0.2, 0.25) is 0 Å². The van der Waals surface area contributed by atoms with E-state index in [0.29, 0.717) is 31.2 Å². The van der Waals surface area contributed by atoms with Crippen molar-refractivity contribution in [2.75, 3.05) is 29.9 Å².